The highest BCUT2D eigenvalue weighted by molar-refractivity contribution is 7.89. The van der Waals surface area contributed by atoms with Crippen molar-refractivity contribution < 1.29 is 8.42 Å². The highest BCUT2D eigenvalue weighted by atomic mass is 32.2. The summed E-state index contributed by atoms with van der Waals surface area (Å²) in [6.45, 7) is 1.91. The number of benzene rings is 4. The van der Waals surface area contributed by atoms with E-state index < -0.39 is 10.0 Å². The van der Waals surface area contributed by atoms with E-state index in [1.807, 2.05) is 55.5 Å². The van der Waals surface area contributed by atoms with E-state index in [0.29, 0.717) is 0 Å². The Labute approximate surface area is 158 Å². The lowest BCUT2D eigenvalue weighted by molar-refractivity contribution is 0.584. The van der Waals surface area contributed by atoms with Crippen molar-refractivity contribution in [1.29, 1.82) is 0 Å². The molecule has 0 saturated heterocycles. The minimum atomic E-state index is -3.70. The molecule has 0 aliphatic heterocycles. The molecular weight excluding hydrogens is 356 g/mol. The molecule has 5 heteroatoms. The van der Waals surface area contributed by atoms with Crippen molar-refractivity contribution in [3.05, 3.63) is 90.0 Å². The number of hydrogen-bond donors (Lipinski definition) is 1. The largest absolute Gasteiger partial charge is 0.276 e. The summed E-state index contributed by atoms with van der Waals surface area (Å²) in [4.78, 5) is 2.50. The summed E-state index contributed by atoms with van der Waals surface area (Å²) >= 11 is 0. The molecule has 0 spiro atoms. The van der Waals surface area contributed by atoms with Crippen LogP contribution in [0.3, 0.4) is 0 Å². The van der Waals surface area contributed by atoms with E-state index in [-0.39, 0.29) is 4.90 Å². The van der Waals surface area contributed by atoms with Gasteiger partial charge < -0.3 is 0 Å². The predicted molar refractivity (Wildman–Crippen MR) is 111 cm³/mol. The monoisotopic (exact) mass is 374 g/mol. The summed E-state index contributed by atoms with van der Waals surface area (Å²) in [7, 11) is -3.70. The summed E-state index contributed by atoms with van der Waals surface area (Å²) < 4.78 is 24.9. The maximum atomic E-state index is 12.4. The van der Waals surface area contributed by atoms with Gasteiger partial charge in [0.1, 0.15) is 0 Å². The van der Waals surface area contributed by atoms with Gasteiger partial charge in [-0.3, -0.25) is 0 Å². The summed E-state index contributed by atoms with van der Waals surface area (Å²) in [5.74, 6) is 0. The third-order valence-electron chi connectivity index (χ3n) is 4.51. The number of aryl methyl sites for hydroxylation is 1. The van der Waals surface area contributed by atoms with Crippen LogP contribution in [0.5, 0.6) is 0 Å². The van der Waals surface area contributed by atoms with Gasteiger partial charge in [-0.25, -0.2) is 4.83 Å². The van der Waals surface area contributed by atoms with Gasteiger partial charge in [0.15, 0.2) is 0 Å². The van der Waals surface area contributed by atoms with Crippen LogP contribution in [-0.2, 0) is 10.0 Å². The number of rotatable bonds is 4. The lowest BCUT2D eigenvalue weighted by Gasteiger charge is -2.08. The first-order chi connectivity index (χ1) is 13.0. The summed E-state index contributed by atoms with van der Waals surface area (Å²) in [6, 6.07) is 24.8. The fourth-order valence-corrected chi connectivity index (χ4v) is 3.91. The van der Waals surface area contributed by atoms with E-state index in [9.17, 15) is 8.42 Å². The molecule has 134 valence electrons. The number of hydrogen-bond acceptors (Lipinski definition) is 3. The zero-order chi connectivity index (χ0) is 18.9. The van der Waals surface area contributed by atoms with Gasteiger partial charge in [-0.1, -0.05) is 66.2 Å². The fraction of sp³-hybridized carbons (Fsp3) is 0.0455. The second-order valence-corrected chi connectivity index (χ2v) is 8.06. The molecule has 0 bridgehead atoms. The molecular formula is C22H18N2O2S. The van der Waals surface area contributed by atoms with Crippen molar-refractivity contribution in [2.45, 2.75) is 11.8 Å². The highest BCUT2D eigenvalue weighted by Gasteiger charge is 2.12. The maximum absolute atomic E-state index is 12.4. The Morgan fingerprint density at radius 1 is 0.815 bits per heavy atom. The zero-order valence-electron chi connectivity index (χ0n) is 14.8. The van der Waals surface area contributed by atoms with Crippen molar-refractivity contribution in [2.75, 3.05) is 0 Å². The topological polar surface area (TPSA) is 58.5 Å². The molecule has 4 aromatic rings. The normalized spacial score (nSPS) is 12.0. The van der Waals surface area contributed by atoms with E-state index in [2.05, 4.69) is 16.0 Å². The molecule has 0 fully saturated rings. The Bertz CT molecular complexity index is 1210. The number of sulfonamides is 1. The van der Waals surface area contributed by atoms with E-state index in [4.69, 9.17) is 0 Å². The van der Waals surface area contributed by atoms with Gasteiger partial charge in [0, 0.05) is 5.56 Å². The molecule has 0 heterocycles. The van der Waals surface area contributed by atoms with Gasteiger partial charge in [-0.2, -0.15) is 13.5 Å². The standard InChI is InChI=1S/C22H18N2O2S/c1-16-10-12-19(13-11-16)27(25,26)24-23-15-22-20-8-4-2-6-17(20)14-18-7-3-5-9-21(18)22/h2-15,24H,1H3/b23-15+. The Kier molecular flexibility index (Phi) is 4.38. The van der Waals surface area contributed by atoms with Crippen molar-refractivity contribution in [1.82, 2.24) is 4.83 Å². The lowest BCUT2D eigenvalue weighted by atomic mass is 9.97. The number of nitrogens with zero attached hydrogens (tertiary/aromatic N) is 1. The van der Waals surface area contributed by atoms with Crippen molar-refractivity contribution in [3.63, 3.8) is 0 Å². The number of fused-ring (bicyclic) bond motifs is 2. The Morgan fingerprint density at radius 3 is 1.96 bits per heavy atom. The van der Waals surface area contributed by atoms with Crippen LogP contribution in [0.2, 0.25) is 0 Å². The molecule has 27 heavy (non-hydrogen) atoms. The van der Waals surface area contributed by atoms with E-state index in [1.54, 1.807) is 30.5 Å². The van der Waals surface area contributed by atoms with Crippen LogP contribution in [0.15, 0.2) is 88.9 Å². The van der Waals surface area contributed by atoms with E-state index in [1.165, 1.54) is 0 Å². The Balaban J connectivity index is 1.75. The summed E-state index contributed by atoms with van der Waals surface area (Å²) in [5.41, 5.74) is 1.88. The molecule has 1 N–H and O–H groups in total. The van der Waals surface area contributed by atoms with Crippen LogP contribution in [0.4, 0.5) is 0 Å². The van der Waals surface area contributed by atoms with Crippen LogP contribution in [-0.4, -0.2) is 14.6 Å². The highest BCUT2D eigenvalue weighted by Crippen LogP contribution is 2.27. The number of nitrogens with one attached hydrogen (secondary N) is 1. The van der Waals surface area contributed by atoms with Crippen LogP contribution in [0, 0.1) is 6.92 Å². The Hall–Kier alpha value is -3.18. The fourth-order valence-electron chi connectivity index (χ4n) is 3.12. The van der Waals surface area contributed by atoms with Gasteiger partial charge in [0.25, 0.3) is 10.0 Å². The summed E-state index contributed by atoms with van der Waals surface area (Å²) in [5, 5.41) is 8.26. The Morgan fingerprint density at radius 2 is 1.37 bits per heavy atom. The van der Waals surface area contributed by atoms with Gasteiger partial charge in [-0.05, 0) is 46.7 Å². The minimum Gasteiger partial charge on any atom is -0.200 e. The number of hydrazone groups is 1. The first-order valence-electron chi connectivity index (χ1n) is 8.57. The van der Waals surface area contributed by atoms with Crippen LogP contribution >= 0.6 is 0 Å². The molecule has 4 nitrogen and oxygen atoms in total. The van der Waals surface area contributed by atoms with Gasteiger partial charge in [0.2, 0.25) is 0 Å². The summed E-state index contributed by atoms with van der Waals surface area (Å²) in [6.07, 6.45) is 1.58. The zero-order valence-corrected chi connectivity index (χ0v) is 15.6. The van der Waals surface area contributed by atoms with Crippen LogP contribution in [0.25, 0.3) is 21.5 Å². The van der Waals surface area contributed by atoms with Crippen molar-refractivity contribution >= 4 is 37.8 Å². The van der Waals surface area contributed by atoms with Crippen molar-refractivity contribution in [3.8, 4) is 0 Å². The molecule has 0 atom stereocenters. The average Bonchev–Trinajstić information content (AvgIpc) is 2.67. The smallest absolute Gasteiger partial charge is 0.200 e. The molecule has 0 aromatic heterocycles. The maximum Gasteiger partial charge on any atom is 0.276 e. The molecule has 4 aromatic carbocycles. The lowest BCUT2D eigenvalue weighted by Crippen LogP contribution is -2.18. The molecule has 0 saturated carbocycles. The second-order valence-electron chi connectivity index (χ2n) is 6.40. The van der Waals surface area contributed by atoms with E-state index in [0.717, 1.165) is 32.7 Å². The third-order valence-corrected chi connectivity index (χ3v) is 5.75. The molecule has 0 aliphatic rings. The van der Waals surface area contributed by atoms with Crippen LogP contribution < -0.4 is 4.83 Å². The first-order valence-corrected chi connectivity index (χ1v) is 10.0. The molecule has 0 amide bonds. The quantitative estimate of drug-likeness (QED) is 0.322. The first kappa shape index (κ1) is 17.2. The predicted octanol–water partition coefficient (Wildman–Crippen LogP) is 4.61. The van der Waals surface area contributed by atoms with Crippen LogP contribution in [0.1, 0.15) is 11.1 Å². The van der Waals surface area contributed by atoms with Gasteiger partial charge in [0.05, 0.1) is 11.1 Å². The van der Waals surface area contributed by atoms with Gasteiger partial charge >= 0.3 is 0 Å². The molecule has 0 unspecified atom stereocenters. The molecule has 0 radical (unpaired) electrons. The second kappa shape index (κ2) is 6.85. The van der Waals surface area contributed by atoms with Gasteiger partial charge in [-0.15, -0.1) is 0 Å². The van der Waals surface area contributed by atoms with E-state index >= 15 is 0 Å². The average molecular weight is 374 g/mol. The SMILES string of the molecule is Cc1ccc(S(=O)(=O)N/N=C/c2c3ccccc3cc3ccccc23)cc1. The minimum absolute atomic E-state index is 0.188. The third kappa shape index (κ3) is 3.41. The van der Waals surface area contributed by atoms with Crippen molar-refractivity contribution in [2.24, 2.45) is 5.10 Å². The molecule has 4 rings (SSSR count). The molecule has 0 aliphatic carbocycles.